The summed E-state index contributed by atoms with van der Waals surface area (Å²) in [4.78, 5) is 0. The third-order valence-corrected chi connectivity index (χ3v) is 4.76. The van der Waals surface area contributed by atoms with E-state index in [2.05, 4.69) is 6.58 Å². The Balaban J connectivity index is 1.94. The highest BCUT2D eigenvalue weighted by molar-refractivity contribution is 5.29. The van der Waals surface area contributed by atoms with Gasteiger partial charge in [0.25, 0.3) is 0 Å². The van der Waals surface area contributed by atoms with E-state index in [9.17, 15) is 13.2 Å². The van der Waals surface area contributed by atoms with Crippen molar-refractivity contribution in [2.24, 2.45) is 11.8 Å². The maximum Gasteiger partial charge on any atom is 0.400 e. The molecule has 0 aliphatic heterocycles. The molecule has 128 valence electrons. The van der Waals surface area contributed by atoms with Crippen LogP contribution in [0.5, 0.6) is 5.75 Å². The fraction of sp³-hybridized carbons (Fsp3) is 0.579. The maximum absolute atomic E-state index is 14.3. The largest absolute Gasteiger partial charge is 0.432 e. The van der Waals surface area contributed by atoms with Crippen molar-refractivity contribution in [3.05, 3.63) is 42.2 Å². The van der Waals surface area contributed by atoms with E-state index in [4.69, 9.17) is 4.74 Å². The molecule has 1 saturated carbocycles. The standard InChI is InChI=1S/C19H25F3O/c1-3-5-6-14-7-10-16(11-8-14)19(21,22)23-17-12-9-15(4-2)18(20)13-17/h3,9,12-14,16H,1,4-8,10-11H2,2H3. The molecule has 4 heteroatoms. The van der Waals surface area contributed by atoms with Crippen molar-refractivity contribution < 1.29 is 17.9 Å². The van der Waals surface area contributed by atoms with Crippen LogP contribution in [0, 0.1) is 17.7 Å². The van der Waals surface area contributed by atoms with Gasteiger partial charge in [0.1, 0.15) is 11.6 Å². The van der Waals surface area contributed by atoms with Gasteiger partial charge in [0, 0.05) is 6.07 Å². The van der Waals surface area contributed by atoms with Crippen LogP contribution in [0.25, 0.3) is 0 Å². The van der Waals surface area contributed by atoms with Gasteiger partial charge in [0.05, 0.1) is 5.92 Å². The minimum atomic E-state index is -3.25. The lowest BCUT2D eigenvalue weighted by molar-refractivity contribution is -0.223. The predicted molar refractivity (Wildman–Crippen MR) is 86.2 cm³/mol. The lowest BCUT2D eigenvalue weighted by Gasteiger charge is -2.33. The molecular weight excluding hydrogens is 301 g/mol. The monoisotopic (exact) mass is 326 g/mol. The second-order valence-corrected chi connectivity index (χ2v) is 6.35. The van der Waals surface area contributed by atoms with Gasteiger partial charge in [-0.05, 0) is 62.5 Å². The van der Waals surface area contributed by atoms with E-state index < -0.39 is 17.8 Å². The number of hydrogen-bond acceptors (Lipinski definition) is 1. The Bertz CT molecular complexity index is 519. The van der Waals surface area contributed by atoms with Crippen LogP contribution >= 0.6 is 0 Å². The molecule has 0 saturated heterocycles. The molecule has 1 aromatic carbocycles. The van der Waals surface area contributed by atoms with Crippen molar-refractivity contribution in [1.82, 2.24) is 0 Å². The molecule has 0 radical (unpaired) electrons. The first-order valence-corrected chi connectivity index (χ1v) is 8.42. The zero-order chi connectivity index (χ0) is 16.9. The average Bonchev–Trinajstić information content (AvgIpc) is 2.53. The third kappa shape index (κ3) is 4.76. The Morgan fingerprint density at radius 2 is 1.96 bits per heavy atom. The van der Waals surface area contributed by atoms with Gasteiger partial charge in [-0.1, -0.05) is 19.1 Å². The van der Waals surface area contributed by atoms with E-state index in [0.717, 1.165) is 31.7 Å². The number of benzene rings is 1. The van der Waals surface area contributed by atoms with E-state index in [0.29, 0.717) is 30.7 Å². The van der Waals surface area contributed by atoms with Crippen molar-refractivity contribution in [3.63, 3.8) is 0 Å². The highest BCUT2D eigenvalue weighted by atomic mass is 19.3. The molecule has 1 aliphatic carbocycles. The fourth-order valence-electron chi connectivity index (χ4n) is 3.26. The lowest BCUT2D eigenvalue weighted by Crippen LogP contribution is -2.37. The number of aryl methyl sites for hydroxylation is 1. The van der Waals surface area contributed by atoms with E-state index in [-0.39, 0.29) is 5.75 Å². The van der Waals surface area contributed by atoms with E-state index in [1.165, 1.54) is 12.1 Å². The van der Waals surface area contributed by atoms with Crippen LogP contribution in [-0.2, 0) is 6.42 Å². The molecule has 1 fully saturated rings. The maximum atomic E-state index is 14.3. The van der Waals surface area contributed by atoms with Crippen LogP contribution < -0.4 is 4.74 Å². The minimum absolute atomic E-state index is 0.0986. The van der Waals surface area contributed by atoms with Crippen molar-refractivity contribution in [1.29, 1.82) is 0 Å². The van der Waals surface area contributed by atoms with E-state index >= 15 is 0 Å². The third-order valence-electron chi connectivity index (χ3n) is 4.76. The molecule has 2 rings (SSSR count). The molecule has 0 unspecified atom stereocenters. The van der Waals surface area contributed by atoms with Gasteiger partial charge < -0.3 is 4.74 Å². The normalized spacial score (nSPS) is 21.9. The minimum Gasteiger partial charge on any atom is -0.432 e. The summed E-state index contributed by atoms with van der Waals surface area (Å²) in [6, 6.07) is 3.99. The summed E-state index contributed by atoms with van der Waals surface area (Å²) in [5.41, 5.74) is 0.503. The first kappa shape index (κ1) is 17.9. The molecule has 0 spiro atoms. The second-order valence-electron chi connectivity index (χ2n) is 6.35. The molecule has 0 bridgehead atoms. The van der Waals surface area contributed by atoms with Gasteiger partial charge in [-0.25, -0.2) is 4.39 Å². The van der Waals surface area contributed by atoms with Gasteiger partial charge in [-0.15, -0.1) is 6.58 Å². The van der Waals surface area contributed by atoms with Gasteiger partial charge in [-0.3, -0.25) is 0 Å². The van der Waals surface area contributed by atoms with Crippen LogP contribution in [0.2, 0.25) is 0 Å². The average molecular weight is 326 g/mol. The summed E-state index contributed by atoms with van der Waals surface area (Å²) in [5, 5.41) is 0. The predicted octanol–water partition coefficient (Wildman–Crippen LogP) is 6.13. The van der Waals surface area contributed by atoms with Crippen molar-refractivity contribution in [2.75, 3.05) is 0 Å². The van der Waals surface area contributed by atoms with Gasteiger partial charge >= 0.3 is 6.11 Å². The number of rotatable bonds is 7. The number of allylic oxidation sites excluding steroid dienone is 1. The highest BCUT2D eigenvalue weighted by Crippen LogP contribution is 2.41. The molecule has 1 aliphatic rings. The van der Waals surface area contributed by atoms with Crippen LogP contribution in [-0.4, -0.2) is 6.11 Å². The molecule has 0 N–H and O–H groups in total. The van der Waals surface area contributed by atoms with E-state index in [1.54, 1.807) is 0 Å². The Morgan fingerprint density at radius 1 is 1.26 bits per heavy atom. The first-order valence-electron chi connectivity index (χ1n) is 8.42. The molecule has 1 nitrogen and oxygen atoms in total. The summed E-state index contributed by atoms with van der Waals surface area (Å²) < 4.78 is 47.2. The Labute approximate surface area is 136 Å². The number of alkyl halides is 2. The van der Waals surface area contributed by atoms with Crippen molar-refractivity contribution in [2.45, 2.75) is 58.0 Å². The van der Waals surface area contributed by atoms with Gasteiger partial charge in [-0.2, -0.15) is 8.78 Å². The quantitative estimate of drug-likeness (QED) is 0.547. The molecule has 0 aromatic heterocycles. The smallest absolute Gasteiger partial charge is 0.400 e. The fourth-order valence-corrected chi connectivity index (χ4v) is 3.26. The first-order chi connectivity index (χ1) is 11.0. The molecule has 0 heterocycles. The molecule has 1 aromatic rings. The molecule has 0 amide bonds. The summed E-state index contributed by atoms with van der Waals surface area (Å²) in [6.45, 7) is 5.51. The van der Waals surface area contributed by atoms with Gasteiger partial charge in [0.2, 0.25) is 0 Å². The van der Waals surface area contributed by atoms with Crippen LogP contribution in [0.3, 0.4) is 0 Å². The Kier molecular flexibility index (Phi) is 6.14. The van der Waals surface area contributed by atoms with Crippen molar-refractivity contribution >= 4 is 0 Å². The molecule has 0 atom stereocenters. The zero-order valence-electron chi connectivity index (χ0n) is 13.7. The lowest BCUT2D eigenvalue weighted by atomic mass is 9.79. The second kappa shape index (κ2) is 7.89. The summed E-state index contributed by atoms with van der Waals surface area (Å²) in [5.74, 6) is -0.884. The van der Waals surface area contributed by atoms with Crippen LogP contribution in [0.15, 0.2) is 30.9 Å². The Morgan fingerprint density at radius 3 is 2.52 bits per heavy atom. The summed E-state index contributed by atoms with van der Waals surface area (Å²) >= 11 is 0. The summed E-state index contributed by atoms with van der Waals surface area (Å²) in [7, 11) is 0. The SMILES string of the molecule is C=CCCC1CCC(C(F)(F)Oc2ccc(CC)c(F)c2)CC1. The molecule has 23 heavy (non-hydrogen) atoms. The number of halogens is 3. The number of hydrogen-bond donors (Lipinski definition) is 0. The van der Waals surface area contributed by atoms with Crippen LogP contribution in [0.4, 0.5) is 13.2 Å². The zero-order valence-corrected chi connectivity index (χ0v) is 13.7. The van der Waals surface area contributed by atoms with E-state index in [1.807, 2.05) is 13.0 Å². The van der Waals surface area contributed by atoms with Crippen LogP contribution in [0.1, 0.15) is 51.0 Å². The Hall–Kier alpha value is -1.45. The summed E-state index contributed by atoms with van der Waals surface area (Å²) in [6.07, 6.45) is 3.59. The highest BCUT2D eigenvalue weighted by Gasteiger charge is 2.43. The topological polar surface area (TPSA) is 9.23 Å². The van der Waals surface area contributed by atoms with Crippen molar-refractivity contribution in [3.8, 4) is 5.75 Å². The molecular formula is C19H25F3O. The number of ether oxygens (including phenoxy) is 1. The van der Waals surface area contributed by atoms with Gasteiger partial charge in [0.15, 0.2) is 0 Å².